The van der Waals surface area contributed by atoms with Crippen molar-refractivity contribution in [2.24, 2.45) is 5.92 Å². The average Bonchev–Trinajstić information content (AvgIpc) is 2.56. The number of benzene rings is 1. The van der Waals surface area contributed by atoms with Crippen molar-refractivity contribution in [3.05, 3.63) is 32.8 Å². The molecule has 1 aromatic rings. The van der Waals surface area contributed by atoms with Gasteiger partial charge in [0.1, 0.15) is 0 Å². The minimum atomic E-state index is -0.768. The zero-order chi connectivity index (χ0) is 16.8. The molecule has 126 valence electrons. The van der Waals surface area contributed by atoms with Gasteiger partial charge in [-0.15, -0.1) is 0 Å². The second-order valence-electron chi connectivity index (χ2n) is 5.60. The van der Waals surface area contributed by atoms with E-state index in [9.17, 15) is 9.59 Å². The Balaban J connectivity index is 1.82. The molecule has 1 aromatic carbocycles. The summed E-state index contributed by atoms with van der Waals surface area (Å²) in [6.07, 6.45) is 5.95. The van der Waals surface area contributed by atoms with Gasteiger partial charge in [-0.05, 0) is 30.9 Å². The summed E-state index contributed by atoms with van der Waals surface area (Å²) in [5.41, 5.74) is -0.0269. The predicted octanol–water partition coefficient (Wildman–Crippen LogP) is 4.50. The van der Waals surface area contributed by atoms with Crippen molar-refractivity contribution in [3.63, 3.8) is 0 Å². The number of ether oxygens (including phenoxy) is 1. The number of amides is 1. The predicted molar refractivity (Wildman–Crippen MR) is 91.3 cm³/mol. The topological polar surface area (TPSA) is 55.4 Å². The first kappa shape index (κ1) is 18.4. The first-order valence-corrected chi connectivity index (χ1v) is 8.69. The molecule has 0 bridgehead atoms. The number of halogens is 3. The molecular weight excluding hydrogens is 361 g/mol. The Morgan fingerprint density at radius 1 is 1.09 bits per heavy atom. The first-order chi connectivity index (χ1) is 11.0. The molecule has 2 rings (SSSR count). The van der Waals surface area contributed by atoms with Gasteiger partial charge in [-0.2, -0.15) is 0 Å². The molecule has 1 N–H and O–H groups in total. The molecule has 1 amide bonds. The van der Waals surface area contributed by atoms with Gasteiger partial charge in [-0.3, -0.25) is 4.79 Å². The largest absolute Gasteiger partial charge is 0.452 e. The number of nitrogens with one attached hydrogen (secondary N) is 1. The van der Waals surface area contributed by atoms with Crippen LogP contribution in [0.1, 0.15) is 42.5 Å². The highest BCUT2D eigenvalue weighted by Gasteiger charge is 2.20. The summed E-state index contributed by atoms with van der Waals surface area (Å²) in [6, 6.07) is 2.94. The number of carbonyl (C=O) groups is 2. The zero-order valence-electron chi connectivity index (χ0n) is 12.5. The monoisotopic (exact) mass is 377 g/mol. The van der Waals surface area contributed by atoms with Crippen LogP contribution in [-0.2, 0) is 9.53 Å². The van der Waals surface area contributed by atoms with Gasteiger partial charge >= 0.3 is 5.97 Å². The number of hydrogen-bond donors (Lipinski definition) is 1. The molecule has 1 saturated carbocycles. The van der Waals surface area contributed by atoms with Gasteiger partial charge in [0, 0.05) is 6.54 Å². The van der Waals surface area contributed by atoms with Gasteiger partial charge in [0.15, 0.2) is 6.61 Å². The second-order valence-corrected chi connectivity index (χ2v) is 6.79. The van der Waals surface area contributed by atoms with Crippen molar-refractivity contribution in [1.82, 2.24) is 5.32 Å². The van der Waals surface area contributed by atoms with Crippen LogP contribution < -0.4 is 5.32 Å². The summed E-state index contributed by atoms with van der Waals surface area (Å²) in [4.78, 5) is 23.8. The number of esters is 1. The minimum Gasteiger partial charge on any atom is -0.452 e. The molecule has 23 heavy (non-hydrogen) atoms. The Morgan fingerprint density at radius 2 is 1.74 bits per heavy atom. The molecule has 7 heteroatoms. The lowest BCUT2D eigenvalue weighted by Crippen LogP contribution is -2.33. The van der Waals surface area contributed by atoms with Crippen molar-refractivity contribution in [2.45, 2.75) is 32.1 Å². The molecule has 0 saturated heterocycles. The maximum atomic E-state index is 12.0. The third-order valence-corrected chi connectivity index (χ3v) is 5.01. The van der Waals surface area contributed by atoms with Gasteiger partial charge < -0.3 is 10.1 Å². The Hall–Kier alpha value is -0.970. The summed E-state index contributed by atoms with van der Waals surface area (Å²) in [5.74, 6) is -0.589. The van der Waals surface area contributed by atoms with Crippen molar-refractivity contribution in [2.75, 3.05) is 13.2 Å². The third kappa shape index (κ3) is 5.27. The van der Waals surface area contributed by atoms with E-state index in [1.54, 1.807) is 0 Å². The van der Waals surface area contributed by atoms with Gasteiger partial charge in [0.25, 0.3) is 5.91 Å². The normalized spacial score (nSPS) is 15.3. The van der Waals surface area contributed by atoms with E-state index in [0.717, 1.165) is 12.8 Å². The fraction of sp³-hybridized carbons (Fsp3) is 0.500. The highest BCUT2D eigenvalue weighted by Crippen LogP contribution is 2.31. The van der Waals surface area contributed by atoms with Crippen LogP contribution in [0.15, 0.2) is 12.1 Å². The Labute approximate surface area is 150 Å². The molecule has 0 heterocycles. The number of hydrogen-bond acceptors (Lipinski definition) is 3. The summed E-state index contributed by atoms with van der Waals surface area (Å²) >= 11 is 17.7. The summed E-state index contributed by atoms with van der Waals surface area (Å²) in [6.45, 7) is 0.250. The highest BCUT2D eigenvalue weighted by molar-refractivity contribution is 6.46. The molecule has 0 unspecified atom stereocenters. The van der Waals surface area contributed by atoms with Crippen LogP contribution in [0.2, 0.25) is 15.1 Å². The molecule has 0 atom stereocenters. The SMILES string of the molecule is O=C(COC(=O)c1c(Cl)ccc(Cl)c1Cl)NCC1CCCCC1. The van der Waals surface area contributed by atoms with Crippen LogP contribution >= 0.6 is 34.8 Å². The summed E-state index contributed by atoms with van der Waals surface area (Å²) in [5, 5.41) is 3.14. The molecule has 1 fully saturated rings. The lowest BCUT2D eigenvalue weighted by molar-refractivity contribution is -0.124. The molecule has 0 aromatic heterocycles. The van der Waals surface area contributed by atoms with Crippen LogP contribution in [0.3, 0.4) is 0 Å². The molecule has 0 spiro atoms. The van der Waals surface area contributed by atoms with Crippen LogP contribution in [0, 0.1) is 5.92 Å². The molecule has 0 aliphatic heterocycles. The van der Waals surface area contributed by atoms with Crippen molar-refractivity contribution in [1.29, 1.82) is 0 Å². The number of rotatable bonds is 5. The van der Waals surface area contributed by atoms with Crippen LogP contribution in [0.5, 0.6) is 0 Å². The van der Waals surface area contributed by atoms with E-state index in [4.69, 9.17) is 39.5 Å². The van der Waals surface area contributed by atoms with Gasteiger partial charge in [-0.25, -0.2) is 4.79 Å². The molecular formula is C16H18Cl3NO3. The maximum Gasteiger partial charge on any atom is 0.341 e. The zero-order valence-corrected chi connectivity index (χ0v) is 14.8. The van der Waals surface area contributed by atoms with E-state index in [0.29, 0.717) is 12.5 Å². The molecule has 4 nitrogen and oxygen atoms in total. The summed E-state index contributed by atoms with van der Waals surface area (Å²) in [7, 11) is 0. The van der Waals surface area contributed by atoms with E-state index in [2.05, 4.69) is 5.32 Å². The van der Waals surface area contributed by atoms with Crippen LogP contribution in [-0.4, -0.2) is 25.0 Å². The fourth-order valence-electron chi connectivity index (χ4n) is 2.62. The second kappa shape index (κ2) is 8.76. The Morgan fingerprint density at radius 3 is 2.43 bits per heavy atom. The molecule has 0 radical (unpaired) electrons. The van der Waals surface area contributed by atoms with Gasteiger partial charge in [0.05, 0.1) is 20.6 Å². The molecule has 1 aliphatic carbocycles. The van der Waals surface area contributed by atoms with Gasteiger partial charge in [0.2, 0.25) is 0 Å². The lowest BCUT2D eigenvalue weighted by atomic mass is 9.89. The quantitative estimate of drug-likeness (QED) is 0.606. The Kier molecular flexibility index (Phi) is 7.00. The molecule has 1 aliphatic rings. The minimum absolute atomic E-state index is 0.0202. The fourth-order valence-corrected chi connectivity index (χ4v) is 3.30. The first-order valence-electron chi connectivity index (χ1n) is 7.56. The van der Waals surface area contributed by atoms with Crippen molar-refractivity contribution in [3.8, 4) is 0 Å². The van der Waals surface area contributed by atoms with E-state index in [1.165, 1.54) is 31.4 Å². The maximum absolute atomic E-state index is 12.0. The smallest absolute Gasteiger partial charge is 0.341 e. The van der Waals surface area contributed by atoms with Crippen molar-refractivity contribution >= 4 is 46.7 Å². The van der Waals surface area contributed by atoms with E-state index in [-0.39, 0.29) is 33.1 Å². The summed E-state index contributed by atoms with van der Waals surface area (Å²) < 4.78 is 4.97. The third-order valence-electron chi connectivity index (χ3n) is 3.90. The Bertz CT molecular complexity index is 586. The standard InChI is InChI=1S/C16H18Cl3NO3/c17-11-6-7-12(18)15(19)14(11)16(22)23-9-13(21)20-8-10-4-2-1-3-5-10/h6-7,10H,1-5,8-9H2,(H,20,21). The number of carbonyl (C=O) groups excluding carboxylic acids is 2. The van der Waals surface area contributed by atoms with Crippen molar-refractivity contribution < 1.29 is 14.3 Å². The lowest BCUT2D eigenvalue weighted by Gasteiger charge is -2.21. The van der Waals surface area contributed by atoms with E-state index in [1.807, 2.05) is 0 Å². The van der Waals surface area contributed by atoms with Crippen LogP contribution in [0.25, 0.3) is 0 Å². The van der Waals surface area contributed by atoms with Gasteiger partial charge in [-0.1, -0.05) is 54.1 Å². The van der Waals surface area contributed by atoms with Crippen LogP contribution in [0.4, 0.5) is 0 Å². The van der Waals surface area contributed by atoms with E-state index < -0.39 is 5.97 Å². The van der Waals surface area contributed by atoms with E-state index >= 15 is 0 Å². The average molecular weight is 379 g/mol. The highest BCUT2D eigenvalue weighted by atomic mass is 35.5.